The van der Waals surface area contributed by atoms with Crippen molar-refractivity contribution >= 4 is 11.9 Å². The number of oxazole rings is 1. The fraction of sp³-hybridized carbons (Fsp3) is 0.276. The molecule has 182 valence electrons. The third kappa shape index (κ3) is 8.41. The summed E-state index contributed by atoms with van der Waals surface area (Å²) in [4.78, 5) is 28.1. The van der Waals surface area contributed by atoms with E-state index in [9.17, 15) is 9.59 Å². The number of unbranched alkanes of at least 4 members (excludes halogenated alkanes) is 4. The van der Waals surface area contributed by atoms with Gasteiger partial charge in [0, 0.05) is 23.3 Å². The van der Waals surface area contributed by atoms with E-state index < -0.39 is 11.9 Å². The average molecular weight is 474 g/mol. The second kappa shape index (κ2) is 13.7. The molecule has 2 aromatic carbocycles. The van der Waals surface area contributed by atoms with E-state index in [1.165, 1.54) is 12.2 Å². The maximum atomic E-state index is 11.9. The van der Waals surface area contributed by atoms with Crippen molar-refractivity contribution in [2.75, 3.05) is 0 Å². The Bertz CT molecular complexity index is 1050. The SMILES string of the molecule is CCCC/C=C/C(=O)Oc1ccc(-c2cnc(-c3ccc(OC(=O)/C=C/CCCC)cc3)o2)cc1. The quantitative estimate of drug-likeness (QED) is 0.119. The zero-order chi connectivity index (χ0) is 24.9. The molecule has 6 nitrogen and oxygen atoms in total. The van der Waals surface area contributed by atoms with Gasteiger partial charge < -0.3 is 13.9 Å². The van der Waals surface area contributed by atoms with Crippen LogP contribution >= 0.6 is 0 Å². The molecule has 0 saturated heterocycles. The summed E-state index contributed by atoms with van der Waals surface area (Å²) < 4.78 is 16.5. The molecule has 0 aliphatic carbocycles. The van der Waals surface area contributed by atoms with Gasteiger partial charge in [-0.2, -0.15) is 0 Å². The van der Waals surface area contributed by atoms with Crippen LogP contribution < -0.4 is 9.47 Å². The monoisotopic (exact) mass is 473 g/mol. The summed E-state index contributed by atoms with van der Waals surface area (Å²) in [6.07, 6.45) is 14.2. The summed E-state index contributed by atoms with van der Waals surface area (Å²) >= 11 is 0. The van der Waals surface area contributed by atoms with Crippen LogP contribution in [0.4, 0.5) is 0 Å². The van der Waals surface area contributed by atoms with Crippen molar-refractivity contribution in [1.82, 2.24) is 4.98 Å². The second-order valence-corrected chi connectivity index (χ2v) is 8.01. The van der Waals surface area contributed by atoms with Crippen molar-refractivity contribution in [2.24, 2.45) is 0 Å². The van der Waals surface area contributed by atoms with E-state index in [0.29, 0.717) is 23.1 Å². The van der Waals surface area contributed by atoms with Gasteiger partial charge >= 0.3 is 11.9 Å². The first-order chi connectivity index (χ1) is 17.1. The van der Waals surface area contributed by atoms with E-state index in [4.69, 9.17) is 13.9 Å². The number of ether oxygens (including phenoxy) is 2. The molecule has 0 bridgehead atoms. The minimum absolute atomic E-state index is 0.391. The summed E-state index contributed by atoms with van der Waals surface area (Å²) in [5, 5.41) is 0. The van der Waals surface area contributed by atoms with Gasteiger partial charge in [0.25, 0.3) is 0 Å². The van der Waals surface area contributed by atoms with Crippen molar-refractivity contribution < 1.29 is 23.5 Å². The number of carbonyl (C=O) groups is 2. The van der Waals surface area contributed by atoms with E-state index in [1.54, 1.807) is 42.6 Å². The molecule has 0 atom stereocenters. The topological polar surface area (TPSA) is 78.6 Å². The first-order valence-electron chi connectivity index (χ1n) is 12.0. The normalized spacial score (nSPS) is 11.3. The van der Waals surface area contributed by atoms with Crippen LogP contribution in [0.3, 0.4) is 0 Å². The van der Waals surface area contributed by atoms with Crippen LogP contribution in [0.25, 0.3) is 22.8 Å². The van der Waals surface area contributed by atoms with E-state index in [1.807, 2.05) is 24.3 Å². The average Bonchev–Trinajstić information content (AvgIpc) is 3.36. The number of esters is 2. The Hall–Kier alpha value is -3.93. The molecule has 0 fully saturated rings. The fourth-order valence-corrected chi connectivity index (χ4v) is 3.20. The maximum absolute atomic E-state index is 11.9. The number of carbonyl (C=O) groups excluding carboxylic acids is 2. The van der Waals surface area contributed by atoms with Crippen molar-refractivity contribution in [3.05, 3.63) is 79.0 Å². The minimum Gasteiger partial charge on any atom is -0.436 e. The summed E-state index contributed by atoms with van der Waals surface area (Å²) in [5.41, 5.74) is 1.57. The molecule has 0 N–H and O–H groups in total. The molecule has 1 aromatic heterocycles. The second-order valence-electron chi connectivity index (χ2n) is 8.01. The van der Waals surface area contributed by atoms with E-state index >= 15 is 0 Å². The lowest BCUT2D eigenvalue weighted by Gasteiger charge is -2.03. The van der Waals surface area contributed by atoms with Crippen molar-refractivity contribution in [3.8, 4) is 34.3 Å². The highest BCUT2D eigenvalue weighted by Crippen LogP contribution is 2.28. The first-order valence-corrected chi connectivity index (χ1v) is 12.0. The maximum Gasteiger partial charge on any atom is 0.335 e. The Morgan fingerprint density at radius 2 is 1.26 bits per heavy atom. The predicted octanol–water partition coefficient (Wildman–Crippen LogP) is 7.31. The lowest BCUT2D eigenvalue weighted by Crippen LogP contribution is -2.03. The number of allylic oxidation sites excluding steroid dienone is 2. The number of nitrogens with zero attached hydrogens (tertiary/aromatic N) is 1. The smallest absolute Gasteiger partial charge is 0.335 e. The molecule has 0 unspecified atom stereocenters. The van der Waals surface area contributed by atoms with Crippen LogP contribution in [-0.4, -0.2) is 16.9 Å². The molecule has 0 saturated carbocycles. The first kappa shape index (κ1) is 25.7. The number of aromatic nitrogens is 1. The predicted molar refractivity (Wildman–Crippen MR) is 136 cm³/mol. The Labute approximate surface area is 206 Å². The molecule has 0 spiro atoms. The summed E-state index contributed by atoms with van der Waals surface area (Å²) in [7, 11) is 0. The van der Waals surface area contributed by atoms with Gasteiger partial charge in [-0.25, -0.2) is 14.6 Å². The molecule has 0 aliphatic heterocycles. The van der Waals surface area contributed by atoms with Crippen LogP contribution in [0.15, 0.2) is 83.4 Å². The molecule has 0 amide bonds. The van der Waals surface area contributed by atoms with Crippen molar-refractivity contribution in [1.29, 1.82) is 0 Å². The van der Waals surface area contributed by atoms with E-state index in [-0.39, 0.29) is 0 Å². The Morgan fingerprint density at radius 1 is 0.771 bits per heavy atom. The van der Waals surface area contributed by atoms with Gasteiger partial charge in [-0.15, -0.1) is 0 Å². The Kier molecular flexibility index (Phi) is 10.1. The summed E-state index contributed by atoms with van der Waals surface area (Å²) in [5.74, 6) is 1.17. The van der Waals surface area contributed by atoms with Crippen LogP contribution in [-0.2, 0) is 9.59 Å². The highest BCUT2D eigenvalue weighted by molar-refractivity contribution is 5.84. The molecule has 3 aromatic rings. The third-order valence-electron chi connectivity index (χ3n) is 5.14. The summed E-state index contributed by atoms with van der Waals surface area (Å²) in [6, 6.07) is 14.0. The standard InChI is InChI=1S/C29H31NO5/c1-3-5-7-9-11-27(31)33-24-17-13-22(14-18-24)26-21-30-29(35-26)23-15-19-25(20-16-23)34-28(32)12-10-8-6-4-2/h9-21H,3-8H2,1-2H3/b11-9+,12-10+. The van der Waals surface area contributed by atoms with Crippen molar-refractivity contribution in [3.63, 3.8) is 0 Å². The molecule has 35 heavy (non-hydrogen) atoms. The van der Waals surface area contributed by atoms with Gasteiger partial charge in [-0.3, -0.25) is 0 Å². The lowest BCUT2D eigenvalue weighted by atomic mass is 10.2. The molecule has 0 radical (unpaired) electrons. The number of hydrogen-bond acceptors (Lipinski definition) is 6. The van der Waals surface area contributed by atoms with Gasteiger partial charge in [0.15, 0.2) is 5.76 Å². The molecular formula is C29H31NO5. The highest BCUT2D eigenvalue weighted by atomic mass is 16.5. The van der Waals surface area contributed by atoms with Gasteiger partial charge in [0.05, 0.1) is 6.20 Å². The zero-order valence-corrected chi connectivity index (χ0v) is 20.2. The Balaban J connectivity index is 1.57. The zero-order valence-electron chi connectivity index (χ0n) is 20.2. The van der Waals surface area contributed by atoms with Gasteiger partial charge in [-0.05, 0) is 61.4 Å². The summed E-state index contributed by atoms with van der Waals surface area (Å²) in [6.45, 7) is 4.21. The minimum atomic E-state index is -0.395. The fourth-order valence-electron chi connectivity index (χ4n) is 3.20. The van der Waals surface area contributed by atoms with Crippen LogP contribution in [0.2, 0.25) is 0 Å². The van der Waals surface area contributed by atoms with Crippen LogP contribution in [0.5, 0.6) is 11.5 Å². The molecule has 3 rings (SSSR count). The van der Waals surface area contributed by atoms with Crippen LogP contribution in [0, 0.1) is 0 Å². The molecule has 0 aliphatic rings. The number of rotatable bonds is 12. The van der Waals surface area contributed by atoms with Gasteiger partial charge in [0.1, 0.15) is 11.5 Å². The number of hydrogen-bond donors (Lipinski definition) is 0. The number of benzene rings is 2. The Morgan fingerprint density at radius 3 is 1.74 bits per heavy atom. The van der Waals surface area contributed by atoms with E-state index in [2.05, 4.69) is 18.8 Å². The van der Waals surface area contributed by atoms with Gasteiger partial charge in [0.2, 0.25) is 5.89 Å². The highest BCUT2D eigenvalue weighted by Gasteiger charge is 2.10. The van der Waals surface area contributed by atoms with E-state index in [0.717, 1.165) is 49.7 Å². The van der Waals surface area contributed by atoms with Gasteiger partial charge in [-0.1, -0.05) is 51.7 Å². The molecule has 1 heterocycles. The largest absolute Gasteiger partial charge is 0.436 e. The molecular weight excluding hydrogens is 442 g/mol. The molecule has 6 heteroatoms. The lowest BCUT2D eigenvalue weighted by molar-refractivity contribution is -0.129. The van der Waals surface area contributed by atoms with Crippen LogP contribution in [0.1, 0.15) is 52.4 Å². The third-order valence-corrected chi connectivity index (χ3v) is 5.14. The van der Waals surface area contributed by atoms with Crippen molar-refractivity contribution in [2.45, 2.75) is 52.4 Å².